The van der Waals surface area contributed by atoms with Gasteiger partial charge in [0.2, 0.25) is 0 Å². The maximum absolute atomic E-state index is 13.2. The van der Waals surface area contributed by atoms with Crippen molar-refractivity contribution >= 4 is 22.9 Å². The lowest BCUT2D eigenvalue weighted by Crippen LogP contribution is -2.29. The van der Waals surface area contributed by atoms with Gasteiger partial charge in [-0.3, -0.25) is 4.79 Å². The zero-order valence-corrected chi connectivity index (χ0v) is 15.6. The second-order valence-corrected chi connectivity index (χ2v) is 7.13. The van der Waals surface area contributed by atoms with Gasteiger partial charge in [0.05, 0.1) is 4.88 Å². The zero-order valence-electron chi connectivity index (χ0n) is 14.8. The largest absolute Gasteiger partial charge is 0.486 e. The van der Waals surface area contributed by atoms with E-state index in [0.717, 1.165) is 21.9 Å². The number of carbonyl (C=O) groups excluding carboxylic acids is 1. The van der Waals surface area contributed by atoms with Gasteiger partial charge in [-0.05, 0) is 67.1 Å². The van der Waals surface area contributed by atoms with E-state index in [1.807, 2.05) is 37.3 Å². The molecule has 2 aromatic carbocycles. The van der Waals surface area contributed by atoms with Crippen LogP contribution < -0.4 is 14.4 Å². The Bertz CT molecular complexity index is 968. The third-order valence-corrected chi connectivity index (χ3v) is 5.47. The quantitative estimate of drug-likeness (QED) is 0.637. The highest BCUT2D eigenvalue weighted by molar-refractivity contribution is 7.17. The number of hydrogen-bond donors (Lipinski definition) is 0. The highest BCUT2D eigenvalue weighted by Crippen LogP contribution is 2.37. The van der Waals surface area contributed by atoms with E-state index in [2.05, 4.69) is 0 Å². The summed E-state index contributed by atoms with van der Waals surface area (Å²) >= 11 is 1.42. The Morgan fingerprint density at radius 2 is 1.78 bits per heavy atom. The third kappa shape index (κ3) is 3.53. The molecule has 138 valence electrons. The molecule has 2 heterocycles. The molecular formula is C21H18FNO3S. The van der Waals surface area contributed by atoms with Crippen molar-refractivity contribution in [2.75, 3.05) is 24.7 Å². The molecule has 6 heteroatoms. The summed E-state index contributed by atoms with van der Waals surface area (Å²) in [6.07, 6.45) is 0. The summed E-state index contributed by atoms with van der Waals surface area (Å²) in [6.45, 7) is 3.49. The molecule has 3 aromatic rings. The number of nitrogens with zero attached hydrogens (tertiary/aromatic N) is 1. The van der Waals surface area contributed by atoms with Crippen LogP contribution in [-0.2, 0) is 0 Å². The number of rotatable bonds is 4. The molecule has 1 aliphatic heterocycles. The van der Waals surface area contributed by atoms with Crippen LogP contribution in [0.25, 0.3) is 10.4 Å². The van der Waals surface area contributed by atoms with Gasteiger partial charge in [-0.15, -0.1) is 11.3 Å². The molecule has 0 atom stereocenters. The minimum absolute atomic E-state index is 0.0992. The van der Waals surface area contributed by atoms with E-state index in [0.29, 0.717) is 30.3 Å². The number of anilines is 1. The Hall–Kier alpha value is -2.86. The molecule has 0 spiro atoms. The zero-order chi connectivity index (χ0) is 18.8. The molecule has 27 heavy (non-hydrogen) atoms. The molecule has 0 bridgehead atoms. The molecule has 0 fully saturated rings. The summed E-state index contributed by atoms with van der Waals surface area (Å²) < 4.78 is 24.4. The third-order valence-electron chi connectivity index (χ3n) is 4.34. The average Bonchev–Trinajstić information content (AvgIpc) is 3.20. The fourth-order valence-electron chi connectivity index (χ4n) is 3.00. The maximum Gasteiger partial charge on any atom is 0.268 e. The monoisotopic (exact) mass is 383 g/mol. The van der Waals surface area contributed by atoms with Crippen LogP contribution in [0, 0.1) is 5.82 Å². The number of thiophene rings is 1. The Morgan fingerprint density at radius 1 is 1.04 bits per heavy atom. The second kappa shape index (κ2) is 7.40. The van der Waals surface area contributed by atoms with Crippen molar-refractivity contribution in [3.63, 3.8) is 0 Å². The van der Waals surface area contributed by atoms with Gasteiger partial charge in [-0.25, -0.2) is 4.39 Å². The van der Waals surface area contributed by atoms with Crippen molar-refractivity contribution in [2.24, 2.45) is 0 Å². The Kier molecular flexibility index (Phi) is 4.81. The maximum atomic E-state index is 13.2. The van der Waals surface area contributed by atoms with Gasteiger partial charge in [0.15, 0.2) is 11.5 Å². The van der Waals surface area contributed by atoms with E-state index < -0.39 is 0 Å². The van der Waals surface area contributed by atoms with Gasteiger partial charge in [0.25, 0.3) is 5.91 Å². The molecule has 4 nitrogen and oxygen atoms in total. The van der Waals surface area contributed by atoms with Gasteiger partial charge in [-0.2, -0.15) is 0 Å². The lowest BCUT2D eigenvalue weighted by atomic mass is 10.1. The lowest BCUT2D eigenvalue weighted by molar-refractivity contribution is 0.0992. The number of ether oxygens (including phenoxy) is 2. The Balaban J connectivity index is 1.59. The number of carbonyl (C=O) groups is 1. The number of hydrogen-bond acceptors (Lipinski definition) is 4. The van der Waals surface area contributed by atoms with Gasteiger partial charge in [0, 0.05) is 17.1 Å². The van der Waals surface area contributed by atoms with Crippen LogP contribution in [0.2, 0.25) is 0 Å². The molecule has 0 N–H and O–H groups in total. The van der Waals surface area contributed by atoms with E-state index in [1.54, 1.807) is 17.0 Å². The fraction of sp³-hybridized carbons (Fsp3) is 0.190. The van der Waals surface area contributed by atoms with Crippen LogP contribution >= 0.6 is 11.3 Å². The summed E-state index contributed by atoms with van der Waals surface area (Å²) in [6, 6.07) is 15.5. The molecule has 0 saturated carbocycles. The number of amides is 1. The minimum Gasteiger partial charge on any atom is -0.486 e. The van der Waals surface area contributed by atoms with Crippen LogP contribution in [0.4, 0.5) is 10.1 Å². The molecule has 1 aliphatic rings. The van der Waals surface area contributed by atoms with E-state index in [-0.39, 0.29) is 11.7 Å². The first-order valence-corrected chi connectivity index (χ1v) is 9.54. The first kappa shape index (κ1) is 17.5. The SMILES string of the molecule is CCN(C(=O)c1ccc(-c2ccc3c(c2)OCCO3)s1)c1ccc(F)cc1. The standard InChI is InChI=1S/C21H18FNO3S/c1-2-23(16-6-4-15(22)5-7-16)21(24)20-10-9-19(27-20)14-3-8-17-18(13-14)26-12-11-25-17/h3-10,13H,2,11-12H2,1H3. The summed E-state index contributed by atoms with van der Waals surface area (Å²) in [5.41, 5.74) is 1.66. The lowest BCUT2D eigenvalue weighted by Gasteiger charge is -2.20. The number of benzene rings is 2. The van der Waals surface area contributed by atoms with Gasteiger partial charge >= 0.3 is 0 Å². The summed E-state index contributed by atoms with van der Waals surface area (Å²) in [4.78, 5) is 16.2. The predicted molar refractivity (Wildman–Crippen MR) is 104 cm³/mol. The average molecular weight is 383 g/mol. The van der Waals surface area contributed by atoms with E-state index in [9.17, 15) is 9.18 Å². The summed E-state index contributed by atoms with van der Waals surface area (Å²) in [7, 11) is 0. The molecule has 1 aromatic heterocycles. The summed E-state index contributed by atoms with van der Waals surface area (Å²) in [5.74, 6) is 1.05. The van der Waals surface area contributed by atoms with Gasteiger partial charge in [-0.1, -0.05) is 0 Å². The van der Waals surface area contributed by atoms with Crippen molar-refractivity contribution < 1.29 is 18.7 Å². The van der Waals surface area contributed by atoms with E-state index in [4.69, 9.17) is 9.47 Å². The van der Waals surface area contributed by atoms with Crippen molar-refractivity contribution in [3.05, 3.63) is 65.3 Å². The summed E-state index contributed by atoms with van der Waals surface area (Å²) in [5, 5.41) is 0. The molecule has 0 saturated heterocycles. The minimum atomic E-state index is -0.320. The topological polar surface area (TPSA) is 38.8 Å². The first-order chi connectivity index (χ1) is 13.2. The van der Waals surface area contributed by atoms with Crippen molar-refractivity contribution in [1.29, 1.82) is 0 Å². The van der Waals surface area contributed by atoms with Crippen LogP contribution in [0.15, 0.2) is 54.6 Å². The van der Waals surface area contributed by atoms with Crippen LogP contribution in [-0.4, -0.2) is 25.7 Å². The van der Waals surface area contributed by atoms with Crippen LogP contribution in [0.1, 0.15) is 16.6 Å². The normalized spacial score (nSPS) is 12.7. The van der Waals surface area contributed by atoms with Crippen LogP contribution in [0.3, 0.4) is 0 Å². The second-order valence-electron chi connectivity index (χ2n) is 6.05. The highest BCUT2D eigenvalue weighted by Gasteiger charge is 2.19. The Labute approximate surface area is 160 Å². The fourth-order valence-corrected chi connectivity index (χ4v) is 3.95. The highest BCUT2D eigenvalue weighted by atomic mass is 32.1. The smallest absolute Gasteiger partial charge is 0.268 e. The number of halogens is 1. The van der Waals surface area contributed by atoms with Gasteiger partial charge in [0.1, 0.15) is 19.0 Å². The molecule has 0 radical (unpaired) electrons. The molecular weight excluding hydrogens is 365 g/mol. The first-order valence-electron chi connectivity index (χ1n) is 8.73. The van der Waals surface area contributed by atoms with Crippen molar-refractivity contribution in [1.82, 2.24) is 0 Å². The predicted octanol–water partition coefficient (Wildman–Crippen LogP) is 4.99. The molecule has 0 unspecified atom stereocenters. The van der Waals surface area contributed by atoms with Crippen molar-refractivity contribution in [3.8, 4) is 21.9 Å². The van der Waals surface area contributed by atoms with Crippen LogP contribution in [0.5, 0.6) is 11.5 Å². The number of fused-ring (bicyclic) bond motifs is 1. The Morgan fingerprint density at radius 3 is 2.52 bits per heavy atom. The van der Waals surface area contributed by atoms with E-state index >= 15 is 0 Å². The van der Waals surface area contributed by atoms with Gasteiger partial charge < -0.3 is 14.4 Å². The molecule has 0 aliphatic carbocycles. The van der Waals surface area contributed by atoms with E-state index in [1.165, 1.54) is 23.5 Å². The molecule has 4 rings (SSSR count). The molecule has 1 amide bonds. The van der Waals surface area contributed by atoms with Crippen molar-refractivity contribution in [2.45, 2.75) is 6.92 Å².